The predicted molar refractivity (Wildman–Crippen MR) is 103 cm³/mol. The minimum absolute atomic E-state index is 0.295. The van der Waals surface area contributed by atoms with Crippen LogP contribution in [0.4, 0.5) is 5.95 Å². The van der Waals surface area contributed by atoms with Gasteiger partial charge in [-0.2, -0.15) is 4.98 Å². The molecule has 1 aromatic carbocycles. The second kappa shape index (κ2) is 9.67. The molecule has 3 N–H and O–H groups in total. The number of benzene rings is 1. The summed E-state index contributed by atoms with van der Waals surface area (Å²) in [5.74, 6) is 0.295. The predicted octanol–water partition coefficient (Wildman–Crippen LogP) is 4.06. The molecule has 0 aliphatic heterocycles. The van der Waals surface area contributed by atoms with E-state index >= 15 is 0 Å². The Kier molecular flexibility index (Phi) is 7.92. The van der Waals surface area contributed by atoms with E-state index in [-0.39, 0.29) is 0 Å². The summed E-state index contributed by atoms with van der Waals surface area (Å²) in [7, 11) is 1.94. The lowest BCUT2D eigenvalue weighted by Gasteiger charge is -2.08. The van der Waals surface area contributed by atoms with E-state index in [1.165, 1.54) is 5.56 Å². The van der Waals surface area contributed by atoms with E-state index in [0.717, 1.165) is 29.0 Å². The van der Waals surface area contributed by atoms with Crippen molar-refractivity contribution in [2.45, 2.75) is 41.2 Å². The summed E-state index contributed by atoms with van der Waals surface area (Å²) in [5.41, 5.74) is 11.0. The van der Waals surface area contributed by atoms with Gasteiger partial charge in [0.15, 0.2) is 5.65 Å². The molecule has 0 amide bonds. The summed E-state index contributed by atoms with van der Waals surface area (Å²) in [4.78, 5) is 4.24. The van der Waals surface area contributed by atoms with Gasteiger partial charge in [-0.15, -0.1) is 5.10 Å². The number of aromatic nitrogens is 3. The number of nitrogens with zero attached hydrogens (tertiary/aromatic N) is 3. The van der Waals surface area contributed by atoms with Gasteiger partial charge in [-0.05, 0) is 43.3 Å². The van der Waals surface area contributed by atoms with Crippen molar-refractivity contribution in [2.75, 3.05) is 12.8 Å². The molecule has 24 heavy (non-hydrogen) atoms. The van der Waals surface area contributed by atoms with Crippen LogP contribution >= 0.6 is 0 Å². The highest BCUT2D eigenvalue weighted by Crippen LogP contribution is 2.23. The third kappa shape index (κ3) is 4.55. The van der Waals surface area contributed by atoms with Crippen molar-refractivity contribution in [3.05, 3.63) is 47.5 Å². The number of rotatable bonds is 3. The summed E-state index contributed by atoms with van der Waals surface area (Å²) in [6, 6.07) is 12.5. The van der Waals surface area contributed by atoms with Gasteiger partial charge < -0.3 is 11.1 Å². The Morgan fingerprint density at radius 3 is 2.46 bits per heavy atom. The molecule has 0 saturated carbocycles. The first-order valence-electron chi connectivity index (χ1n) is 8.54. The van der Waals surface area contributed by atoms with E-state index < -0.39 is 0 Å². The highest BCUT2D eigenvalue weighted by Gasteiger charge is 2.09. The average molecular weight is 327 g/mol. The Balaban J connectivity index is 0.000000671. The van der Waals surface area contributed by atoms with Crippen molar-refractivity contribution in [3.8, 4) is 11.3 Å². The van der Waals surface area contributed by atoms with Gasteiger partial charge >= 0.3 is 0 Å². The highest BCUT2D eigenvalue weighted by molar-refractivity contribution is 5.65. The van der Waals surface area contributed by atoms with Crippen molar-refractivity contribution < 1.29 is 0 Å². The second-order valence-electron chi connectivity index (χ2n) is 4.89. The van der Waals surface area contributed by atoms with Gasteiger partial charge in [0.25, 0.3) is 0 Å². The molecule has 0 fully saturated rings. The van der Waals surface area contributed by atoms with Gasteiger partial charge in [0, 0.05) is 12.1 Å². The fraction of sp³-hybridized carbons (Fsp3) is 0.368. The highest BCUT2D eigenvalue weighted by atomic mass is 15.3. The number of nitrogen functional groups attached to an aromatic ring is 1. The van der Waals surface area contributed by atoms with Crippen LogP contribution in [0.5, 0.6) is 0 Å². The molecule has 3 aromatic rings. The van der Waals surface area contributed by atoms with E-state index in [1.807, 2.05) is 47.7 Å². The Morgan fingerprint density at radius 2 is 1.79 bits per heavy atom. The van der Waals surface area contributed by atoms with Gasteiger partial charge in [-0.1, -0.05) is 45.9 Å². The van der Waals surface area contributed by atoms with Gasteiger partial charge in [0.05, 0.1) is 5.69 Å². The molecule has 0 spiro atoms. The van der Waals surface area contributed by atoms with Crippen LogP contribution in [0.1, 0.15) is 38.8 Å². The number of nitrogens with two attached hydrogens (primary N) is 1. The largest absolute Gasteiger partial charge is 0.366 e. The zero-order valence-electron chi connectivity index (χ0n) is 15.6. The van der Waals surface area contributed by atoms with E-state index in [9.17, 15) is 0 Å². The second-order valence-corrected chi connectivity index (χ2v) is 4.89. The zero-order chi connectivity index (χ0) is 18.1. The molecule has 0 aliphatic carbocycles. The van der Waals surface area contributed by atoms with Gasteiger partial charge in [-0.25, -0.2) is 4.52 Å². The molecule has 3 rings (SSSR count). The fourth-order valence-electron chi connectivity index (χ4n) is 2.38. The van der Waals surface area contributed by atoms with Crippen LogP contribution < -0.4 is 11.1 Å². The number of aryl methyl sites for hydroxylation is 1. The topological polar surface area (TPSA) is 68.2 Å². The maximum atomic E-state index is 5.71. The molecular weight excluding hydrogens is 298 g/mol. The quantitative estimate of drug-likeness (QED) is 0.761. The molecule has 5 heteroatoms. The van der Waals surface area contributed by atoms with Crippen molar-refractivity contribution in [3.63, 3.8) is 0 Å². The van der Waals surface area contributed by atoms with E-state index in [2.05, 4.69) is 45.7 Å². The molecule has 0 unspecified atom stereocenters. The van der Waals surface area contributed by atoms with E-state index in [1.54, 1.807) is 4.52 Å². The number of nitrogens with one attached hydrogen (secondary N) is 1. The molecule has 2 aromatic heterocycles. The Hall–Kier alpha value is -2.40. The Bertz CT molecular complexity index is 762. The fourth-order valence-corrected chi connectivity index (χ4v) is 2.38. The Labute approximate surface area is 144 Å². The first kappa shape index (κ1) is 19.6. The molecule has 130 valence electrons. The van der Waals surface area contributed by atoms with Crippen molar-refractivity contribution in [2.24, 2.45) is 0 Å². The maximum absolute atomic E-state index is 5.71. The molecule has 0 saturated heterocycles. The van der Waals surface area contributed by atoms with E-state index in [4.69, 9.17) is 5.73 Å². The maximum Gasteiger partial charge on any atom is 0.240 e. The number of hydrogen-bond acceptors (Lipinski definition) is 4. The van der Waals surface area contributed by atoms with Crippen molar-refractivity contribution in [1.82, 2.24) is 19.9 Å². The smallest absolute Gasteiger partial charge is 0.240 e. The minimum atomic E-state index is 0.295. The third-order valence-corrected chi connectivity index (χ3v) is 3.20. The lowest BCUT2D eigenvalue weighted by atomic mass is 10.1. The third-order valence-electron chi connectivity index (χ3n) is 3.20. The number of anilines is 1. The van der Waals surface area contributed by atoms with Crippen LogP contribution in [0.25, 0.3) is 16.9 Å². The number of hydrogen-bond donors (Lipinski definition) is 2. The Morgan fingerprint density at radius 1 is 1.08 bits per heavy atom. The molecule has 0 atom stereocenters. The molecule has 0 bridgehead atoms. The van der Waals surface area contributed by atoms with Crippen LogP contribution in [-0.4, -0.2) is 21.6 Å². The summed E-state index contributed by atoms with van der Waals surface area (Å²) in [6.07, 6.45) is 0. The lowest BCUT2D eigenvalue weighted by molar-refractivity contribution is 0.818. The number of pyridine rings is 1. The molecule has 2 heterocycles. The number of fused-ring (bicyclic) bond motifs is 1. The molecule has 5 nitrogen and oxygen atoms in total. The average Bonchev–Trinajstić information content (AvgIpc) is 2.98. The van der Waals surface area contributed by atoms with Crippen LogP contribution in [0.15, 0.2) is 36.4 Å². The van der Waals surface area contributed by atoms with Gasteiger partial charge in [0.1, 0.15) is 0 Å². The zero-order valence-corrected chi connectivity index (χ0v) is 15.6. The summed E-state index contributed by atoms with van der Waals surface area (Å²) < 4.78 is 1.79. The normalized spacial score (nSPS) is 9.75. The first-order chi connectivity index (χ1) is 11.7. The van der Waals surface area contributed by atoms with Crippen LogP contribution in [0.2, 0.25) is 0 Å². The lowest BCUT2D eigenvalue weighted by Crippen LogP contribution is -2.05. The van der Waals surface area contributed by atoms with Gasteiger partial charge in [0.2, 0.25) is 5.95 Å². The SMILES string of the molecule is CC.CC.CNCc1cccc(-c2cc(C)cc3nc(N)nn23)c1. The molecule has 0 radical (unpaired) electrons. The van der Waals surface area contributed by atoms with E-state index in [0.29, 0.717) is 5.95 Å². The minimum Gasteiger partial charge on any atom is -0.366 e. The molecule has 0 aliphatic rings. The first-order valence-corrected chi connectivity index (χ1v) is 8.54. The van der Waals surface area contributed by atoms with Crippen molar-refractivity contribution in [1.29, 1.82) is 0 Å². The summed E-state index contributed by atoms with van der Waals surface area (Å²) in [5, 5.41) is 7.43. The standard InChI is InChI=1S/C15H17N5.2C2H6/c1-10-6-13(20-14(7-10)18-15(16)19-20)12-5-3-4-11(8-12)9-17-2;2*1-2/h3-8,17H,9H2,1-2H3,(H2,16,19);2*1-2H3. The summed E-state index contributed by atoms with van der Waals surface area (Å²) in [6.45, 7) is 10.9. The van der Waals surface area contributed by atoms with Crippen LogP contribution in [0, 0.1) is 6.92 Å². The van der Waals surface area contributed by atoms with Crippen LogP contribution in [0.3, 0.4) is 0 Å². The van der Waals surface area contributed by atoms with Crippen LogP contribution in [-0.2, 0) is 6.54 Å². The van der Waals surface area contributed by atoms with Crippen molar-refractivity contribution >= 4 is 11.6 Å². The van der Waals surface area contributed by atoms with Gasteiger partial charge in [-0.3, -0.25) is 0 Å². The summed E-state index contributed by atoms with van der Waals surface area (Å²) >= 11 is 0. The molecular formula is C19H29N5. The monoisotopic (exact) mass is 327 g/mol.